The molecule has 0 saturated heterocycles. The smallest absolute Gasteiger partial charge is 0.300 e. The molecule has 0 aromatic rings. The van der Waals surface area contributed by atoms with Crippen LogP contribution >= 0.6 is 0 Å². The van der Waals surface area contributed by atoms with Crippen LogP contribution in [0.1, 0.15) is 38.5 Å². The Morgan fingerprint density at radius 1 is 1.31 bits per heavy atom. The van der Waals surface area contributed by atoms with Crippen molar-refractivity contribution < 1.29 is 4.79 Å². The molecule has 0 aliphatic heterocycles. The fraction of sp³-hybridized carbons (Fsp3) is 0.800. The minimum absolute atomic E-state index is 0.0174. The van der Waals surface area contributed by atoms with Gasteiger partial charge in [-0.25, -0.2) is 6.57 Å². The standard InChI is InChI=1S/C10H16N2O/c1-11-8-10(13)12-9-6-4-2-3-5-7-9/h9H,2-8H2,(H,12,13). The van der Waals surface area contributed by atoms with Gasteiger partial charge >= 0.3 is 0 Å². The lowest BCUT2D eigenvalue weighted by molar-refractivity contribution is -0.119. The number of amides is 1. The monoisotopic (exact) mass is 180 g/mol. The van der Waals surface area contributed by atoms with Gasteiger partial charge in [-0.05, 0) is 12.8 Å². The van der Waals surface area contributed by atoms with Crippen molar-refractivity contribution in [3.63, 3.8) is 0 Å². The van der Waals surface area contributed by atoms with E-state index < -0.39 is 0 Å². The second-order valence-corrected chi connectivity index (χ2v) is 3.57. The van der Waals surface area contributed by atoms with Gasteiger partial charge in [0.1, 0.15) is 0 Å². The number of rotatable bonds is 2. The number of nitrogens with zero attached hydrogens (tertiary/aromatic N) is 1. The van der Waals surface area contributed by atoms with Gasteiger partial charge in [0, 0.05) is 6.04 Å². The number of carbonyl (C=O) groups is 1. The largest absolute Gasteiger partial charge is 0.347 e. The summed E-state index contributed by atoms with van der Waals surface area (Å²) in [5, 5.41) is 2.91. The molecule has 1 rings (SSSR count). The Morgan fingerprint density at radius 3 is 2.46 bits per heavy atom. The summed E-state index contributed by atoms with van der Waals surface area (Å²) in [4.78, 5) is 14.2. The van der Waals surface area contributed by atoms with E-state index in [2.05, 4.69) is 10.2 Å². The van der Waals surface area contributed by atoms with Crippen LogP contribution in [0.25, 0.3) is 4.85 Å². The van der Waals surface area contributed by atoms with Crippen LogP contribution in [-0.2, 0) is 4.79 Å². The molecule has 72 valence electrons. The van der Waals surface area contributed by atoms with E-state index >= 15 is 0 Å². The third-order valence-corrected chi connectivity index (χ3v) is 2.44. The molecular formula is C10H16N2O. The Labute approximate surface area is 79.3 Å². The topological polar surface area (TPSA) is 33.5 Å². The third-order valence-electron chi connectivity index (χ3n) is 2.44. The van der Waals surface area contributed by atoms with Crippen LogP contribution in [0, 0.1) is 6.57 Å². The van der Waals surface area contributed by atoms with Gasteiger partial charge in [-0.1, -0.05) is 25.7 Å². The van der Waals surface area contributed by atoms with E-state index in [-0.39, 0.29) is 12.5 Å². The lowest BCUT2D eigenvalue weighted by atomic mass is 10.1. The molecule has 0 aromatic heterocycles. The predicted octanol–water partition coefficient (Wildman–Crippen LogP) is 1.74. The zero-order chi connectivity index (χ0) is 9.52. The summed E-state index contributed by atoms with van der Waals surface area (Å²) in [5.41, 5.74) is 0. The van der Waals surface area contributed by atoms with Crippen molar-refractivity contribution in [2.75, 3.05) is 6.54 Å². The average Bonchev–Trinajstić information content (AvgIpc) is 2.33. The molecule has 1 aliphatic rings. The Hall–Kier alpha value is -1.04. The van der Waals surface area contributed by atoms with Gasteiger partial charge < -0.3 is 10.2 Å². The molecule has 1 amide bonds. The lowest BCUT2D eigenvalue weighted by Gasteiger charge is -2.13. The van der Waals surface area contributed by atoms with E-state index in [1.807, 2.05) is 0 Å². The Kier molecular flexibility index (Phi) is 4.31. The van der Waals surface area contributed by atoms with Crippen LogP contribution in [0.4, 0.5) is 0 Å². The van der Waals surface area contributed by atoms with Crippen LogP contribution in [0.15, 0.2) is 0 Å². The fourth-order valence-electron chi connectivity index (χ4n) is 1.77. The van der Waals surface area contributed by atoms with Gasteiger partial charge in [-0.2, -0.15) is 0 Å². The molecule has 1 saturated carbocycles. The van der Waals surface area contributed by atoms with Gasteiger partial charge in [-0.3, -0.25) is 4.79 Å². The molecule has 0 bridgehead atoms. The minimum atomic E-state index is -0.109. The van der Waals surface area contributed by atoms with Gasteiger partial charge in [0.2, 0.25) is 0 Å². The number of hydrogen-bond acceptors (Lipinski definition) is 1. The molecule has 1 N–H and O–H groups in total. The molecule has 0 heterocycles. The molecule has 0 aromatic carbocycles. The first-order valence-electron chi connectivity index (χ1n) is 4.95. The van der Waals surface area contributed by atoms with Crippen LogP contribution in [0.3, 0.4) is 0 Å². The highest BCUT2D eigenvalue weighted by Gasteiger charge is 2.15. The summed E-state index contributed by atoms with van der Waals surface area (Å²) in [5.74, 6) is -0.109. The van der Waals surface area contributed by atoms with Crippen molar-refractivity contribution in [1.82, 2.24) is 5.32 Å². The van der Waals surface area contributed by atoms with Crippen molar-refractivity contribution in [2.45, 2.75) is 44.6 Å². The van der Waals surface area contributed by atoms with Crippen molar-refractivity contribution in [1.29, 1.82) is 0 Å². The lowest BCUT2D eigenvalue weighted by Crippen LogP contribution is -2.35. The SMILES string of the molecule is [C-]#[N+]CC(=O)NC1CCCCCC1. The average molecular weight is 180 g/mol. The Bertz CT molecular complexity index is 199. The van der Waals surface area contributed by atoms with E-state index in [9.17, 15) is 4.79 Å². The molecule has 0 radical (unpaired) electrons. The van der Waals surface area contributed by atoms with Crippen molar-refractivity contribution in [3.05, 3.63) is 11.4 Å². The molecule has 3 nitrogen and oxygen atoms in total. The van der Waals surface area contributed by atoms with E-state index in [0.29, 0.717) is 6.04 Å². The van der Waals surface area contributed by atoms with Gasteiger partial charge in [0.05, 0.1) is 0 Å². The summed E-state index contributed by atoms with van der Waals surface area (Å²) >= 11 is 0. The second-order valence-electron chi connectivity index (χ2n) is 3.57. The van der Waals surface area contributed by atoms with Crippen LogP contribution in [0.5, 0.6) is 0 Å². The highest BCUT2D eigenvalue weighted by molar-refractivity contribution is 5.79. The van der Waals surface area contributed by atoms with Crippen LogP contribution in [-0.4, -0.2) is 18.5 Å². The van der Waals surface area contributed by atoms with Crippen molar-refractivity contribution in [2.24, 2.45) is 0 Å². The molecule has 0 unspecified atom stereocenters. The minimum Gasteiger partial charge on any atom is -0.347 e. The maximum atomic E-state index is 11.1. The number of carbonyl (C=O) groups excluding carboxylic acids is 1. The highest BCUT2D eigenvalue weighted by Crippen LogP contribution is 2.16. The van der Waals surface area contributed by atoms with Crippen LogP contribution in [0.2, 0.25) is 0 Å². The second kappa shape index (κ2) is 5.58. The maximum absolute atomic E-state index is 11.1. The quantitative estimate of drug-likeness (QED) is 0.509. The van der Waals surface area contributed by atoms with Crippen molar-refractivity contribution >= 4 is 5.91 Å². The van der Waals surface area contributed by atoms with Gasteiger partial charge in [0.25, 0.3) is 12.5 Å². The summed E-state index contributed by atoms with van der Waals surface area (Å²) in [7, 11) is 0. The van der Waals surface area contributed by atoms with Crippen LogP contribution < -0.4 is 5.32 Å². The third kappa shape index (κ3) is 3.93. The summed E-state index contributed by atoms with van der Waals surface area (Å²) in [6.07, 6.45) is 7.17. The van der Waals surface area contributed by atoms with Gasteiger partial charge in [0.15, 0.2) is 0 Å². The highest BCUT2D eigenvalue weighted by atomic mass is 16.1. The summed E-state index contributed by atoms with van der Waals surface area (Å²) < 4.78 is 0. The number of hydrogen-bond donors (Lipinski definition) is 1. The molecule has 1 aliphatic carbocycles. The fourth-order valence-corrected chi connectivity index (χ4v) is 1.77. The molecule has 0 spiro atoms. The molecule has 13 heavy (non-hydrogen) atoms. The van der Waals surface area contributed by atoms with E-state index in [0.717, 1.165) is 12.8 Å². The van der Waals surface area contributed by atoms with E-state index in [4.69, 9.17) is 6.57 Å². The maximum Gasteiger partial charge on any atom is 0.300 e. The summed E-state index contributed by atoms with van der Waals surface area (Å²) in [6, 6.07) is 0.330. The zero-order valence-corrected chi connectivity index (χ0v) is 7.88. The first kappa shape index (κ1) is 10.0. The van der Waals surface area contributed by atoms with E-state index in [1.165, 1.54) is 25.7 Å². The van der Waals surface area contributed by atoms with Crippen molar-refractivity contribution in [3.8, 4) is 0 Å². The predicted molar refractivity (Wildman–Crippen MR) is 51.1 cm³/mol. The first-order valence-corrected chi connectivity index (χ1v) is 4.95. The number of nitrogens with one attached hydrogen (secondary N) is 1. The zero-order valence-electron chi connectivity index (χ0n) is 7.88. The normalized spacial score (nSPS) is 18.7. The van der Waals surface area contributed by atoms with E-state index in [1.54, 1.807) is 0 Å². The molecule has 0 atom stereocenters. The Balaban J connectivity index is 2.26. The first-order chi connectivity index (χ1) is 6.33. The molecular weight excluding hydrogens is 164 g/mol. The van der Waals surface area contributed by atoms with Gasteiger partial charge in [-0.15, -0.1) is 0 Å². The molecule has 1 fully saturated rings. The summed E-state index contributed by atoms with van der Waals surface area (Å²) in [6.45, 7) is 6.54. The Morgan fingerprint density at radius 2 is 1.92 bits per heavy atom. The molecule has 3 heteroatoms.